The average Bonchev–Trinajstić information content (AvgIpc) is 2.36. The summed E-state index contributed by atoms with van der Waals surface area (Å²) in [4.78, 5) is 0. The maximum Gasteiger partial charge on any atom is 0.115 e. The minimum atomic E-state index is 0.337. The van der Waals surface area contributed by atoms with Gasteiger partial charge in [-0.2, -0.15) is 11.8 Å². The zero-order valence-corrected chi connectivity index (χ0v) is 11.8. The van der Waals surface area contributed by atoms with Gasteiger partial charge in [0.25, 0.3) is 0 Å². The number of likely N-dealkylation sites (N-methyl/N-ethyl adjacent to an activating group) is 1. The highest BCUT2D eigenvalue weighted by atomic mass is 32.2. The van der Waals surface area contributed by atoms with Crippen LogP contribution >= 0.6 is 11.8 Å². The van der Waals surface area contributed by atoms with Crippen LogP contribution in [0.1, 0.15) is 25.8 Å². The van der Waals surface area contributed by atoms with Crippen LogP contribution in [0, 0.1) is 0 Å². The SMILES string of the molecule is CCC(C)SCC(Cc1ccc(O)cc1)NC. The molecule has 0 spiro atoms. The van der Waals surface area contributed by atoms with Gasteiger partial charge in [-0.3, -0.25) is 0 Å². The Hall–Kier alpha value is -0.670. The standard InChI is InChI=1S/C14H23NOS/c1-4-11(2)17-10-13(15-3)9-12-5-7-14(16)8-6-12/h5-8,11,13,15-16H,4,9-10H2,1-3H3. The van der Waals surface area contributed by atoms with Crippen LogP contribution in [0.2, 0.25) is 0 Å². The molecular formula is C14H23NOS. The van der Waals surface area contributed by atoms with E-state index in [9.17, 15) is 5.11 Å². The number of benzene rings is 1. The van der Waals surface area contributed by atoms with Gasteiger partial charge in [0.1, 0.15) is 5.75 Å². The zero-order chi connectivity index (χ0) is 12.7. The average molecular weight is 253 g/mol. The third-order valence-corrected chi connectivity index (χ3v) is 4.48. The van der Waals surface area contributed by atoms with Gasteiger partial charge in [0.2, 0.25) is 0 Å². The van der Waals surface area contributed by atoms with Gasteiger partial charge in [-0.05, 0) is 37.6 Å². The summed E-state index contributed by atoms with van der Waals surface area (Å²) in [6.45, 7) is 4.50. The highest BCUT2D eigenvalue weighted by molar-refractivity contribution is 7.99. The summed E-state index contributed by atoms with van der Waals surface area (Å²) in [6.07, 6.45) is 2.24. The number of rotatable bonds is 7. The van der Waals surface area contributed by atoms with E-state index in [1.54, 1.807) is 12.1 Å². The number of nitrogens with one attached hydrogen (secondary N) is 1. The van der Waals surface area contributed by atoms with E-state index in [0.29, 0.717) is 11.8 Å². The van der Waals surface area contributed by atoms with Gasteiger partial charge in [0.15, 0.2) is 0 Å². The fourth-order valence-electron chi connectivity index (χ4n) is 1.56. The second kappa shape index (κ2) is 7.62. The molecule has 2 nitrogen and oxygen atoms in total. The molecule has 1 rings (SSSR count). The Morgan fingerprint density at radius 3 is 2.47 bits per heavy atom. The van der Waals surface area contributed by atoms with Crippen LogP contribution in [0.15, 0.2) is 24.3 Å². The molecule has 0 saturated carbocycles. The molecule has 0 heterocycles. The van der Waals surface area contributed by atoms with Gasteiger partial charge in [-0.25, -0.2) is 0 Å². The Morgan fingerprint density at radius 2 is 1.94 bits per heavy atom. The molecule has 1 aromatic rings. The normalized spacial score (nSPS) is 14.5. The Kier molecular flexibility index (Phi) is 6.45. The zero-order valence-electron chi connectivity index (χ0n) is 10.9. The smallest absolute Gasteiger partial charge is 0.115 e. The molecule has 2 unspecified atom stereocenters. The molecule has 96 valence electrons. The van der Waals surface area contributed by atoms with E-state index in [-0.39, 0.29) is 0 Å². The molecule has 0 aliphatic rings. The molecule has 17 heavy (non-hydrogen) atoms. The highest BCUT2D eigenvalue weighted by Gasteiger charge is 2.09. The van der Waals surface area contributed by atoms with Crippen LogP contribution in [0.25, 0.3) is 0 Å². The lowest BCUT2D eigenvalue weighted by Gasteiger charge is -2.18. The first kappa shape index (κ1) is 14.4. The van der Waals surface area contributed by atoms with Crippen molar-refractivity contribution < 1.29 is 5.11 Å². The third kappa shape index (κ3) is 5.46. The van der Waals surface area contributed by atoms with Gasteiger partial charge in [0.05, 0.1) is 0 Å². The summed E-state index contributed by atoms with van der Waals surface area (Å²) in [5.74, 6) is 1.47. The number of phenolic OH excluding ortho intramolecular Hbond substituents is 1. The molecule has 0 bridgehead atoms. The summed E-state index contributed by atoms with van der Waals surface area (Å²) < 4.78 is 0. The van der Waals surface area contributed by atoms with Crippen molar-refractivity contribution in [2.24, 2.45) is 0 Å². The Bertz CT molecular complexity index is 313. The van der Waals surface area contributed by atoms with Crippen molar-refractivity contribution in [3.63, 3.8) is 0 Å². The van der Waals surface area contributed by atoms with Crippen molar-refractivity contribution in [3.05, 3.63) is 29.8 Å². The van der Waals surface area contributed by atoms with E-state index in [0.717, 1.165) is 17.4 Å². The fraction of sp³-hybridized carbons (Fsp3) is 0.571. The largest absolute Gasteiger partial charge is 0.508 e. The molecule has 2 N–H and O–H groups in total. The molecule has 3 heteroatoms. The second-order valence-corrected chi connectivity index (χ2v) is 5.88. The Balaban J connectivity index is 2.43. The lowest BCUT2D eigenvalue weighted by molar-refractivity contribution is 0.475. The van der Waals surface area contributed by atoms with E-state index in [4.69, 9.17) is 0 Å². The highest BCUT2D eigenvalue weighted by Crippen LogP contribution is 2.17. The molecule has 0 radical (unpaired) electrons. The van der Waals surface area contributed by atoms with E-state index in [1.807, 2.05) is 30.9 Å². The molecule has 1 aromatic carbocycles. The van der Waals surface area contributed by atoms with Gasteiger partial charge in [-0.15, -0.1) is 0 Å². The topological polar surface area (TPSA) is 32.3 Å². The van der Waals surface area contributed by atoms with E-state index in [2.05, 4.69) is 19.2 Å². The number of phenols is 1. The summed E-state index contributed by atoms with van der Waals surface area (Å²) in [5.41, 5.74) is 1.27. The first-order valence-corrected chi connectivity index (χ1v) is 7.27. The molecule has 0 aromatic heterocycles. The van der Waals surface area contributed by atoms with Crippen LogP contribution < -0.4 is 5.32 Å². The van der Waals surface area contributed by atoms with Crippen molar-refractivity contribution in [1.29, 1.82) is 0 Å². The van der Waals surface area contributed by atoms with Gasteiger partial charge < -0.3 is 10.4 Å². The molecule has 2 atom stereocenters. The second-order valence-electron chi connectivity index (χ2n) is 4.41. The minimum Gasteiger partial charge on any atom is -0.508 e. The monoisotopic (exact) mass is 253 g/mol. The summed E-state index contributed by atoms with van der Waals surface area (Å²) in [6, 6.07) is 7.99. The molecule has 0 fully saturated rings. The van der Waals surface area contributed by atoms with Crippen molar-refractivity contribution in [2.75, 3.05) is 12.8 Å². The van der Waals surface area contributed by atoms with Crippen LogP contribution in [0.3, 0.4) is 0 Å². The third-order valence-electron chi connectivity index (χ3n) is 2.98. The van der Waals surface area contributed by atoms with Gasteiger partial charge >= 0.3 is 0 Å². The quantitative estimate of drug-likeness (QED) is 0.783. The van der Waals surface area contributed by atoms with Crippen LogP contribution in [0.4, 0.5) is 0 Å². The van der Waals surface area contributed by atoms with Crippen molar-refractivity contribution in [1.82, 2.24) is 5.32 Å². The van der Waals surface area contributed by atoms with Crippen molar-refractivity contribution >= 4 is 11.8 Å². The predicted molar refractivity (Wildman–Crippen MR) is 76.9 cm³/mol. The number of aromatic hydroxyl groups is 1. The molecule has 0 amide bonds. The maximum absolute atomic E-state index is 9.24. The first-order chi connectivity index (χ1) is 8.15. The molecular weight excluding hydrogens is 230 g/mol. The van der Waals surface area contributed by atoms with E-state index in [1.165, 1.54) is 12.0 Å². The van der Waals surface area contributed by atoms with Crippen LogP contribution in [-0.2, 0) is 6.42 Å². The fourth-order valence-corrected chi connectivity index (χ4v) is 2.64. The van der Waals surface area contributed by atoms with Gasteiger partial charge in [0, 0.05) is 17.0 Å². The molecule has 0 saturated heterocycles. The number of hydrogen-bond donors (Lipinski definition) is 2. The Morgan fingerprint density at radius 1 is 1.29 bits per heavy atom. The van der Waals surface area contributed by atoms with Crippen molar-refractivity contribution in [2.45, 2.75) is 38.0 Å². The van der Waals surface area contributed by atoms with Gasteiger partial charge in [-0.1, -0.05) is 26.0 Å². The van der Waals surface area contributed by atoms with Crippen LogP contribution in [0.5, 0.6) is 5.75 Å². The van der Waals surface area contributed by atoms with Crippen molar-refractivity contribution in [3.8, 4) is 5.75 Å². The van der Waals surface area contributed by atoms with E-state index < -0.39 is 0 Å². The molecule has 0 aliphatic carbocycles. The lowest BCUT2D eigenvalue weighted by atomic mass is 10.1. The predicted octanol–water partition coefficient (Wildman–Crippen LogP) is 3.05. The number of hydrogen-bond acceptors (Lipinski definition) is 3. The van der Waals surface area contributed by atoms with E-state index >= 15 is 0 Å². The summed E-state index contributed by atoms with van der Waals surface area (Å²) in [7, 11) is 2.02. The van der Waals surface area contributed by atoms with Crippen LogP contribution in [-0.4, -0.2) is 29.2 Å². The maximum atomic E-state index is 9.24. The minimum absolute atomic E-state index is 0.337. The first-order valence-electron chi connectivity index (χ1n) is 6.22. The summed E-state index contributed by atoms with van der Waals surface area (Å²) in [5, 5.41) is 13.3. The summed E-state index contributed by atoms with van der Waals surface area (Å²) >= 11 is 2.02. The lowest BCUT2D eigenvalue weighted by Crippen LogP contribution is -2.30. The number of thioether (sulfide) groups is 1. The molecule has 0 aliphatic heterocycles. The Labute approximate surface area is 109 Å².